The summed E-state index contributed by atoms with van der Waals surface area (Å²) in [5.74, 6) is 0.503. The van der Waals surface area contributed by atoms with Gasteiger partial charge in [0.25, 0.3) is 0 Å². The number of hydrogen-bond acceptors (Lipinski definition) is 4. The Morgan fingerprint density at radius 2 is 2.28 bits per heavy atom. The van der Waals surface area contributed by atoms with E-state index in [-0.39, 0.29) is 0 Å². The minimum Gasteiger partial charge on any atom is -0.492 e. The fourth-order valence-corrected chi connectivity index (χ4v) is 1.79. The van der Waals surface area contributed by atoms with Crippen LogP contribution < -0.4 is 4.74 Å². The first-order valence-electron chi connectivity index (χ1n) is 5.80. The molecule has 18 heavy (non-hydrogen) atoms. The Balaban J connectivity index is 2.05. The molecule has 4 nitrogen and oxygen atoms in total. The first-order valence-corrected chi connectivity index (χ1v) is 6.17. The highest BCUT2D eigenvalue weighted by molar-refractivity contribution is 6.32. The van der Waals surface area contributed by atoms with E-state index in [0.29, 0.717) is 28.9 Å². The van der Waals surface area contributed by atoms with Gasteiger partial charge in [-0.15, -0.1) is 0 Å². The van der Waals surface area contributed by atoms with Crippen molar-refractivity contribution in [3.63, 3.8) is 0 Å². The van der Waals surface area contributed by atoms with Crippen LogP contribution in [0.15, 0.2) is 18.2 Å². The molecule has 0 radical (unpaired) electrons. The summed E-state index contributed by atoms with van der Waals surface area (Å²) in [6, 6.07) is 4.78. The average Bonchev–Trinajstić information content (AvgIpc) is 3.19. The SMILES string of the molecule is COC(=O)C(O)c1ccc(OCC2CC2)c(Cl)c1. The summed E-state index contributed by atoms with van der Waals surface area (Å²) in [6.45, 7) is 0.665. The van der Waals surface area contributed by atoms with E-state index in [4.69, 9.17) is 16.3 Å². The number of aliphatic hydroxyl groups excluding tert-OH is 1. The van der Waals surface area contributed by atoms with Crippen LogP contribution >= 0.6 is 11.6 Å². The van der Waals surface area contributed by atoms with Crippen LogP contribution in [0.2, 0.25) is 5.02 Å². The number of aliphatic hydroxyl groups is 1. The fourth-order valence-electron chi connectivity index (χ4n) is 1.54. The van der Waals surface area contributed by atoms with Gasteiger partial charge < -0.3 is 14.6 Å². The van der Waals surface area contributed by atoms with Crippen molar-refractivity contribution in [3.8, 4) is 5.75 Å². The van der Waals surface area contributed by atoms with Gasteiger partial charge in [0.2, 0.25) is 0 Å². The number of esters is 1. The number of benzene rings is 1. The molecule has 1 saturated carbocycles. The molecular formula is C13H15ClO4. The van der Waals surface area contributed by atoms with E-state index < -0.39 is 12.1 Å². The lowest BCUT2D eigenvalue weighted by molar-refractivity contribution is -0.150. The Morgan fingerprint density at radius 3 is 2.83 bits per heavy atom. The third-order valence-electron chi connectivity index (χ3n) is 2.87. The number of rotatable bonds is 5. The molecule has 0 aromatic heterocycles. The van der Waals surface area contributed by atoms with Crippen LogP contribution in [-0.2, 0) is 9.53 Å². The number of hydrogen-bond donors (Lipinski definition) is 1. The van der Waals surface area contributed by atoms with Gasteiger partial charge in [0.15, 0.2) is 6.10 Å². The Hall–Kier alpha value is -1.26. The number of methoxy groups -OCH3 is 1. The zero-order valence-electron chi connectivity index (χ0n) is 10.1. The molecule has 1 N–H and O–H groups in total. The van der Waals surface area contributed by atoms with Gasteiger partial charge in [-0.3, -0.25) is 0 Å². The van der Waals surface area contributed by atoms with E-state index in [1.165, 1.54) is 26.0 Å². The van der Waals surface area contributed by atoms with Crippen LogP contribution in [0.25, 0.3) is 0 Å². The average molecular weight is 271 g/mol. The second-order valence-corrected chi connectivity index (χ2v) is 4.78. The summed E-state index contributed by atoms with van der Waals surface area (Å²) in [7, 11) is 1.22. The van der Waals surface area contributed by atoms with Gasteiger partial charge in [-0.25, -0.2) is 4.79 Å². The van der Waals surface area contributed by atoms with Gasteiger partial charge in [-0.05, 0) is 36.5 Å². The predicted octanol–water partition coefficient (Wildman–Crippen LogP) is 2.34. The van der Waals surface area contributed by atoms with Crippen LogP contribution in [0, 0.1) is 5.92 Å². The minimum absolute atomic E-state index is 0.385. The highest BCUT2D eigenvalue weighted by Crippen LogP contribution is 2.32. The fraction of sp³-hybridized carbons (Fsp3) is 0.462. The largest absolute Gasteiger partial charge is 0.492 e. The summed E-state index contributed by atoms with van der Waals surface area (Å²) >= 11 is 6.04. The van der Waals surface area contributed by atoms with Gasteiger partial charge in [-0.2, -0.15) is 0 Å². The Kier molecular flexibility index (Phi) is 4.09. The molecule has 1 unspecified atom stereocenters. The first kappa shape index (κ1) is 13.2. The van der Waals surface area contributed by atoms with Crippen LogP contribution in [-0.4, -0.2) is 24.8 Å². The maximum Gasteiger partial charge on any atom is 0.339 e. The number of halogens is 1. The van der Waals surface area contributed by atoms with E-state index >= 15 is 0 Å². The summed E-state index contributed by atoms with van der Waals surface area (Å²) < 4.78 is 10.0. The second kappa shape index (κ2) is 5.59. The van der Waals surface area contributed by atoms with Crippen LogP contribution in [0.5, 0.6) is 5.75 Å². The van der Waals surface area contributed by atoms with Crippen LogP contribution in [0.3, 0.4) is 0 Å². The Morgan fingerprint density at radius 1 is 1.56 bits per heavy atom. The molecule has 0 aliphatic heterocycles. The van der Waals surface area contributed by atoms with Crippen LogP contribution in [0.1, 0.15) is 24.5 Å². The molecule has 1 fully saturated rings. The molecule has 0 saturated heterocycles. The summed E-state index contributed by atoms with van der Waals surface area (Å²) in [5, 5.41) is 10.0. The van der Waals surface area contributed by atoms with Gasteiger partial charge in [0.1, 0.15) is 5.75 Å². The van der Waals surface area contributed by atoms with E-state index in [0.717, 1.165) is 0 Å². The van der Waals surface area contributed by atoms with Crippen molar-refractivity contribution in [1.29, 1.82) is 0 Å². The molecule has 0 amide bonds. The lowest BCUT2D eigenvalue weighted by atomic mass is 10.1. The molecule has 98 valence electrons. The molecule has 5 heteroatoms. The molecule has 1 atom stereocenters. The third-order valence-corrected chi connectivity index (χ3v) is 3.16. The molecule has 1 aliphatic rings. The molecule has 2 rings (SSSR count). The number of carbonyl (C=O) groups excluding carboxylic acids is 1. The molecule has 0 spiro atoms. The summed E-state index contributed by atoms with van der Waals surface area (Å²) in [5.41, 5.74) is 0.394. The van der Waals surface area contributed by atoms with Crippen molar-refractivity contribution in [3.05, 3.63) is 28.8 Å². The minimum atomic E-state index is -1.31. The van der Waals surface area contributed by atoms with Crippen molar-refractivity contribution in [2.75, 3.05) is 13.7 Å². The molecule has 1 aromatic rings. The van der Waals surface area contributed by atoms with Crippen molar-refractivity contribution in [2.45, 2.75) is 18.9 Å². The third kappa shape index (κ3) is 3.15. The Bertz CT molecular complexity index is 443. The maximum atomic E-state index is 11.2. The molecule has 0 heterocycles. The van der Waals surface area contributed by atoms with Crippen molar-refractivity contribution >= 4 is 17.6 Å². The smallest absolute Gasteiger partial charge is 0.339 e. The molecule has 1 aliphatic carbocycles. The monoisotopic (exact) mass is 270 g/mol. The lowest BCUT2D eigenvalue weighted by Crippen LogP contribution is -2.13. The molecule has 0 bridgehead atoms. The van der Waals surface area contributed by atoms with Gasteiger partial charge >= 0.3 is 5.97 Å². The van der Waals surface area contributed by atoms with Crippen molar-refractivity contribution in [2.24, 2.45) is 5.92 Å². The van der Waals surface area contributed by atoms with Gasteiger partial charge in [0, 0.05) is 0 Å². The zero-order valence-corrected chi connectivity index (χ0v) is 10.8. The van der Waals surface area contributed by atoms with Gasteiger partial charge in [-0.1, -0.05) is 17.7 Å². The maximum absolute atomic E-state index is 11.2. The Labute approximate surface area is 110 Å². The quantitative estimate of drug-likeness (QED) is 0.835. The normalized spacial score (nSPS) is 16.2. The van der Waals surface area contributed by atoms with Gasteiger partial charge in [0.05, 0.1) is 18.7 Å². The lowest BCUT2D eigenvalue weighted by Gasteiger charge is -2.12. The summed E-state index contributed by atoms with van der Waals surface area (Å²) in [6.07, 6.45) is 1.10. The zero-order chi connectivity index (χ0) is 13.1. The first-order chi connectivity index (χ1) is 8.61. The topological polar surface area (TPSA) is 55.8 Å². The number of carbonyl (C=O) groups is 1. The van der Waals surface area contributed by atoms with E-state index in [2.05, 4.69) is 4.74 Å². The second-order valence-electron chi connectivity index (χ2n) is 4.37. The van der Waals surface area contributed by atoms with E-state index in [9.17, 15) is 9.90 Å². The number of ether oxygens (including phenoxy) is 2. The summed E-state index contributed by atoms with van der Waals surface area (Å²) in [4.78, 5) is 11.2. The predicted molar refractivity (Wildman–Crippen MR) is 66.6 cm³/mol. The van der Waals surface area contributed by atoms with E-state index in [1.54, 1.807) is 12.1 Å². The highest BCUT2D eigenvalue weighted by Gasteiger charge is 2.23. The molecular weight excluding hydrogens is 256 g/mol. The standard InChI is InChI=1S/C13H15ClO4/c1-17-13(16)12(15)9-4-5-11(10(14)6-9)18-7-8-2-3-8/h4-6,8,12,15H,2-3,7H2,1H3. The van der Waals surface area contributed by atoms with Crippen LogP contribution in [0.4, 0.5) is 0 Å². The van der Waals surface area contributed by atoms with Crippen molar-refractivity contribution < 1.29 is 19.4 Å². The highest BCUT2D eigenvalue weighted by atomic mass is 35.5. The van der Waals surface area contributed by atoms with Crippen molar-refractivity contribution in [1.82, 2.24) is 0 Å². The molecule has 1 aromatic carbocycles. The van der Waals surface area contributed by atoms with E-state index in [1.807, 2.05) is 0 Å².